The van der Waals surface area contributed by atoms with Gasteiger partial charge in [0.15, 0.2) is 0 Å². The van der Waals surface area contributed by atoms with Crippen LogP contribution in [-0.2, 0) is 14.4 Å². The molecule has 3 N–H and O–H groups in total. The maximum Gasteiger partial charge on any atom is 0.308 e. The monoisotopic (exact) mass is 454 g/mol. The lowest BCUT2D eigenvalue weighted by Gasteiger charge is -2.33. The zero-order valence-electron chi connectivity index (χ0n) is 18.4. The van der Waals surface area contributed by atoms with Gasteiger partial charge in [0.2, 0.25) is 11.8 Å². The molecular weight excluding hydrogens is 420 g/mol. The number of carboxylic acids is 1. The number of hydrogen-bond donors (Lipinski definition) is 3. The van der Waals surface area contributed by atoms with E-state index in [1.54, 1.807) is 11.3 Å². The van der Waals surface area contributed by atoms with E-state index in [2.05, 4.69) is 10.6 Å². The highest BCUT2D eigenvalue weighted by Gasteiger charge is 2.40. The molecule has 0 saturated heterocycles. The van der Waals surface area contributed by atoms with Crippen molar-refractivity contribution in [2.75, 3.05) is 5.75 Å². The summed E-state index contributed by atoms with van der Waals surface area (Å²) in [6.07, 6.45) is 2.38. The van der Waals surface area contributed by atoms with E-state index >= 15 is 0 Å². The van der Waals surface area contributed by atoms with E-state index in [0.717, 1.165) is 17.1 Å². The first-order valence-corrected chi connectivity index (χ1v) is 12.4. The number of hydrogen-bond acceptors (Lipinski definition) is 5. The van der Waals surface area contributed by atoms with Crippen molar-refractivity contribution < 1.29 is 19.5 Å². The van der Waals surface area contributed by atoms with E-state index in [0.29, 0.717) is 12.2 Å². The van der Waals surface area contributed by atoms with Crippen LogP contribution >= 0.6 is 23.1 Å². The quantitative estimate of drug-likeness (QED) is 0.439. The number of carbonyl (C=O) groups is 3. The van der Waals surface area contributed by atoms with Crippen LogP contribution in [0.1, 0.15) is 53.9 Å². The Labute approximate surface area is 187 Å². The van der Waals surface area contributed by atoms with Crippen molar-refractivity contribution in [1.82, 2.24) is 10.6 Å². The third-order valence-corrected chi connectivity index (χ3v) is 7.35. The molecule has 0 aliphatic heterocycles. The summed E-state index contributed by atoms with van der Waals surface area (Å²) in [6.45, 7) is 9.68. The maximum absolute atomic E-state index is 13.3. The molecule has 0 bridgehead atoms. The minimum atomic E-state index is -0.977. The van der Waals surface area contributed by atoms with E-state index in [-0.39, 0.29) is 23.8 Å². The Balaban J connectivity index is 2.17. The van der Waals surface area contributed by atoms with Gasteiger partial charge in [0.1, 0.15) is 6.04 Å². The van der Waals surface area contributed by atoms with E-state index < -0.39 is 29.3 Å². The molecule has 0 spiro atoms. The predicted molar refractivity (Wildman–Crippen MR) is 122 cm³/mol. The molecule has 3 atom stereocenters. The molecule has 1 aromatic rings. The first-order chi connectivity index (χ1) is 14.0. The van der Waals surface area contributed by atoms with Gasteiger partial charge in [-0.3, -0.25) is 14.4 Å². The number of carbonyl (C=O) groups excluding carboxylic acids is 2. The third-order valence-electron chi connectivity index (χ3n) is 5.10. The molecule has 8 heteroatoms. The van der Waals surface area contributed by atoms with Gasteiger partial charge < -0.3 is 15.7 Å². The molecule has 0 radical (unpaired) electrons. The van der Waals surface area contributed by atoms with Crippen LogP contribution in [0.15, 0.2) is 21.7 Å². The number of thioether (sulfide) groups is 1. The van der Waals surface area contributed by atoms with Crippen LogP contribution < -0.4 is 10.6 Å². The lowest BCUT2D eigenvalue weighted by Crippen LogP contribution is -2.56. The number of amides is 2. The number of nitrogens with one attached hydrogen (secondary N) is 2. The van der Waals surface area contributed by atoms with Crippen molar-refractivity contribution in [3.05, 3.63) is 17.5 Å². The zero-order chi connectivity index (χ0) is 22.5. The van der Waals surface area contributed by atoms with Gasteiger partial charge in [-0.15, -0.1) is 23.1 Å². The Morgan fingerprint density at radius 1 is 1.20 bits per heavy atom. The largest absolute Gasteiger partial charge is 0.481 e. The summed E-state index contributed by atoms with van der Waals surface area (Å²) in [5.41, 5.74) is -0.485. The summed E-state index contributed by atoms with van der Waals surface area (Å²) in [4.78, 5) is 38.1. The summed E-state index contributed by atoms with van der Waals surface area (Å²) < 4.78 is 1.03. The molecule has 30 heavy (non-hydrogen) atoms. The Hall–Kier alpha value is -1.54. The molecule has 1 aromatic heterocycles. The molecule has 1 heterocycles. The standard InChI is InChI=1S/C22H34N2O4S2/c1-13(2)11-15(16(21(27)28)12-30-17-7-6-10-29-17)19(25)24-18(22(3,4)5)20(26)23-14-8-9-14/h6-7,10,13-16,18H,8-9,11-12H2,1-5H3,(H,23,26)(H,24,25)(H,27,28). The minimum absolute atomic E-state index is 0.155. The highest BCUT2D eigenvalue weighted by molar-refractivity contribution is 8.01. The number of carboxylic acid groups (broad SMARTS) is 1. The first kappa shape index (κ1) is 24.7. The van der Waals surface area contributed by atoms with Crippen molar-refractivity contribution in [1.29, 1.82) is 0 Å². The van der Waals surface area contributed by atoms with Gasteiger partial charge in [0, 0.05) is 11.8 Å². The van der Waals surface area contributed by atoms with Gasteiger partial charge in [0.05, 0.1) is 16.0 Å². The number of aliphatic carboxylic acids is 1. The van der Waals surface area contributed by atoms with E-state index in [1.807, 2.05) is 52.1 Å². The maximum atomic E-state index is 13.3. The molecule has 168 valence electrons. The van der Waals surface area contributed by atoms with Gasteiger partial charge in [-0.05, 0) is 42.0 Å². The molecule has 1 aliphatic carbocycles. The van der Waals surface area contributed by atoms with Crippen LogP contribution in [0.25, 0.3) is 0 Å². The highest BCUT2D eigenvalue weighted by atomic mass is 32.2. The number of rotatable bonds is 11. The second-order valence-electron chi connectivity index (χ2n) is 9.51. The Kier molecular flexibility index (Phi) is 8.79. The zero-order valence-corrected chi connectivity index (χ0v) is 20.1. The summed E-state index contributed by atoms with van der Waals surface area (Å²) in [6, 6.07) is 3.36. The first-order valence-electron chi connectivity index (χ1n) is 10.5. The van der Waals surface area contributed by atoms with Crippen molar-refractivity contribution in [3.8, 4) is 0 Å². The minimum Gasteiger partial charge on any atom is -0.481 e. The van der Waals surface area contributed by atoms with Crippen molar-refractivity contribution >= 4 is 40.9 Å². The molecule has 3 unspecified atom stereocenters. The highest BCUT2D eigenvalue weighted by Crippen LogP contribution is 2.31. The molecule has 6 nitrogen and oxygen atoms in total. The Morgan fingerprint density at radius 2 is 1.87 bits per heavy atom. The van der Waals surface area contributed by atoms with Gasteiger partial charge in [-0.2, -0.15) is 0 Å². The van der Waals surface area contributed by atoms with Crippen LogP contribution in [0, 0.1) is 23.2 Å². The molecular formula is C22H34N2O4S2. The van der Waals surface area contributed by atoms with Gasteiger partial charge in [-0.25, -0.2) is 0 Å². The van der Waals surface area contributed by atoms with Crippen molar-refractivity contribution in [3.63, 3.8) is 0 Å². The number of thiophene rings is 1. The summed E-state index contributed by atoms with van der Waals surface area (Å²) in [5, 5.41) is 17.7. The van der Waals surface area contributed by atoms with E-state index in [9.17, 15) is 19.5 Å². The molecule has 2 rings (SSSR count). The van der Waals surface area contributed by atoms with Gasteiger partial charge in [-0.1, -0.05) is 40.7 Å². The summed E-state index contributed by atoms with van der Waals surface area (Å²) in [5.74, 6) is -2.58. The normalized spacial score (nSPS) is 17.3. The Bertz CT molecular complexity index is 724. The summed E-state index contributed by atoms with van der Waals surface area (Å²) in [7, 11) is 0. The van der Waals surface area contributed by atoms with Crippen molar-refractivity contribution in [2.45, 2.75) is 70.2 Å². The molecule has 2 amide bonds. The van der Waals surface area contributed by atoms with Crippen molar-refractivity contribution in [2.24, 2.45) is 23.2 Å². The van der Waals surface area contributed by atoms with Crippen LogP contribution in [0.3, 0.4) is 0 Å². The van der Waals surface area contributed by atoms with Gasteiger partial charge in [0.25, 0.3) is 0 Å². The van der Waals surface area contributed by atoms with Crippen LogP contribution in [0.4, 0.5) is 0 Å². The smallest absolute Gasteiger partial charge is 0.308 e. The predicted octanol–water partition coefficient (Wildman–Crippen LogP) is 4.01. The molecule has 0 aromatic carbocycles. The average molecular weight is 455 g/mol. The lowest BCUT2D eigenvalue weighted by molar-refractivity contribution is -0.147. The Morgan fingerprint density at radius 3 is 2.33 bits per heavy atom. The fraction of sp³-hybridized carbons (Fsp3) is 0.682. The van der Waals surface area contributed by atoms with Gasteiger partial charge >= 0.3 is 5.97 Å². The lowest BCUT2D eigenvalue weighted by atomic mass is 9.82. The third kappa shape index (κ3) is 7.61. The van der Waals surface area contributed by atoms with E-state index in [4.69, 9.17) is 0 Å². The molecule has 1 aliphatic rings. The molecule has 1 fully saturated rings. The average Bonchev–Trinajstić information content (AvgIpc) is 3.27. The molecule has 1 saturated carbocycles. The fourth-order valence-electron chi connectivity index (χ4n) is 3.28. The second kappa shape index (κ2) is 10.7. The van der Waals surface area contributed by atoms with Crippen LogP contribution in [0.5, 0.6) is 0 Å². The van der Waals surface area contributed by atoms with Crippen LogP contribution in [0.2, 0.25) is 0 Å². The topological polar surface area (TPSA) is 95.5 Å². The fourth-order valence-corrected chi connectivity index (χ4v) is 5.26. The van der Waals surface area contributed by atoms with Crippen LogP contribution in [-0.4, -0.2) is 40.7 Å². The SMILES string of the molecule is CC(C)CC(C(=O)NC(C(=O)NC1CC1)C(C)(C)C)C(CSc1cccs1)C(=O)O. The van der Waals surface area contributed by atoms with E-state index in [1.165, 1.54) is 11.8 Å². The summed E-state index contributed by atoms with van der Waals surface area (Å²) >= 11 is 3.02. The second-order valence-corrected chi connectivity index (χ2v) is 11.8.